The average Bonchev–Trinajstić information content (AvgIpc) is 2.98. The first-order chi connectivity index (χ1) is 7.86. The van der Waals surface area contributed by atoms with Gasteiger partial charge in [-0.2, -0.15) is 0 Å². The van der Waals surface area contributed by atoms with E-state index in [1.54, 1.807) is 6.26 Å². The van der Waals surface area contributed by atoms with Crippen molar-refractivity contribution in [3.05, 3.63) is 47.9 Å². The Kier molecular flexibility index (Phi) is 2.18. The molecular weight excluding hydrogens is 204 g/mol. The highest BCUT2D eigenvalue weighted by Crippen LogP contribution is 2.32. The molecule has 0 bridgehead atoms. The van der Waals surface area contributed by atoms with Crippen molar-refractivity contribution in [3.63, 3.8) is 0 Å². The summed E-state index contributed by atoms with van der Waals surface area (Å²) in [6.45, 7) is 0.655. The van der Waals surface area contributed by atoms with Gasteiger partial charge in [-0.25, -0.2) is 0 Å². The monoisotopic (exact) mass is 216 g/mol. The second-order valence-corrected chi connectivity index (χ2v) is 3.83. The summed E-state index contributed by atoms with van der Waals surface area (Å²) in [5, 5.41) is 11.1. The van der Waals surface area contributed by atoms with E-state index in [4.69, 9.17) is 9.15 Å². The predicted molar refractivity (Wildman–Crippen MR) is 59.8 cm³/mol. The predicted octanol–water partition coefficient (Wildman–Crippen LogP) is 2.77. The molecule has 0 amide bonds. The van der Waals surface area contributed by atoms with Crippen LogP contribution in [0.4, 0.5) is 0 Å². The lowest BCUT2D eigenvalue weighted by molar-refractivity contribution is 0.119. The Hall–Kier alpha value is -1.74. The average molecular weight is 216 g/mol. The zero-order chi connectivity index (χ0) is 11.0. The lowest BCUT2D eigenvalue weighted by Gasteiger charge is -2.10. The number of fused-ring (bicyclic) bond motifs is 1. The third kappa shape index (κ3) is 1.41. The number of aliphatic hydroxyl groups excluding tert-OH is 1. The molecule has 16 heavy (non-hydrogen) atoms. The molecule has 0 aliphatic carbocycles. The van der Waals surface area contributed by atoms with E-state index in [0.29, 0.717) is 12.4 Å². The maximum atomic E-state index is 10.2. The third-order valence-electron chi connectivity index (χ3n) is 2.81. The Morgan fingerprint density at radius 2 is 2.12 bits per heavy atom. The molecule has 1 aromatic carbocycles. The van der Waals surface area contributed by atoms with Crippen LogP contribution in [0, 0.1) is 0 Å². The SMILES string of the molecule is OC(C1=CCCO1)c1coc2ccccc12. The molecule has 0 saturated carbocycles. The lowest BCUT2D eigenvalue weighted by Crippen LogP contribution is -2.01. The van der Waals surface area contributed by atoms with Gasteiger partial charge in [-0.3, -0.25) is 0 Å². The summed E-state index contributed by atoms with van der Waals surface area (Å²) in [5.41, 5.74) is 1.55. The summed E-state index contributed by atoms with van der Waals surface area (Å²) >= 11 is 0. The Balaban J connectivity index is 2.05. The van der Waals surface area contributed by atoms with E-state index in [2.05, 4.69) is 0 Å². The largest absolute Gasteiger partial charge is 0.495 e. The summed E-state index contributed by atoms with van der Waals surface area (Å²) in [5.74, 6) is 0.631. The minimum Gasteiger partial charge on any atom is -0.495 e. The second-order valence-electron chi connectivity index (χ2n) is 3.83. The molecule has 3 heteroatoms. The third-order valence-corrected chi connectivity index (χ3v) is 2.81. The molecule has 82 valence electrons. The first-order valence-electron chi connectivity index (χ1n) is 5.33. The van der Waals surface area contributed by atoms with Crippen LogP contribution in [0.2, 0.25) is 0 Å². The molecule has 1 atom stereocenters. The van der Waals surface area contributed by atoms with Gasteiger partial charge in [-0.1, -0.05) is 18.2 Å². The first kappa shape index (κ1) is 9.48. The molecule has 0 spiro atoms. The molecular formula is C13H12O3. The van der Waals surface area contributed by atoms with Crippen molar-refractivity contribution in [2.24, 2.45) is 0 Å². The van der Waals surface area contributed by atoms with Crippen LogP contribution >= 0.6 is 0 Å². The minimum absolute atomic E-state index is 0.631. The molecule has 1 N–H and O–H groups in total. The van der Waals surface area contributed by atoms with Gasteiger partial charge in [0.1, 0.15) is 17.4 Å². The van der Waals surface area contributed by atoms with Crippen molar-refractivity contribution in [1.82, 2.24) is 0 Å². The van der Waals surface area contributed by atoms with E-state index < -0.39 is 6.10 Å². The number of ether oxygens (including phenoxy) is 1. The van der Waals surface area contributed by atoms with Gasteiger partial charge >= 0.3 is 0 Å². The summed E-state index contributed by atoms with van der Waals surface area (Å²) in [7, 11) is 0. The van der Waals surface area contributed by atoms with Crippen LogP contribution < -0.4 is 0 Å². The molecule has 0 saturated heterocycles. The van der Waals surface area contributed by atoms with E-state index in [9.17, 15) is 5.11 Å². The highest BCUT2D eigenvalue weighted by atomic mass is 16.5. The molecule has 3 rings (SSSR count). The molecule has 0 radical (unpaired) electrons. The van der Waals surface area contributed by atoms with Crippen LogP contribution in [0.3, 0.4) is 0 Å². The van der Waals surface area contributed by atoms with Crippen LogP contribution in [-0.4, -0.2) is 11.7 Å². The van der Waals surface area contributed by atoms with E-state index in [1.807, 2.05) is 30.3 Å². The fraction of sp³-hybridized carbons (Fsp3) is 0.231. The van der Waals surface area contributed by atoms with E-state index in [-0.39, 0.29) is 0 Å². The number of furan rings is 1. The normalized spacial score (nSPS) is 17.2. The fourth-order valence-electron chi connectivity index (χ4n) is 1.99. The van der Waals surface area contributed by atoms with E-state index in [0.717, 1.165) is 23.0 Å². The Morgan fingerprint density at radius 3 is 2.94 bits per heavy atom. The molecule has 1 aliphatic rings. The van der Waals surface area contributed by atoms with Crippen LogP contribution in [0.25, 0.3) is 11.0 Å². The van der Waals surface area contributed by atoms with Crippen molar-refractivity contribution < 1.29 is 14.3 Å². The molecule has 0 fully saturated rings. The van der Waals surface area contributed by atoms with Gasteiger partial charge in [0.05, 0.1) is 12.9 Å². The standard InChI is InChI=1S/C13H12O3/c14-13(12-6-3-7-15-12)10-8-16-11-5-2-1-4-9(10)11/h1-2,4-6,8,13-14H,3,7H2. The minimum atomic E-state index is -0.717. The second kappa shape index (κ2) is 3.68. The van der Waals surface area contributed by atoms with Crippen molar-refractivity contribution in [3.8, 4) is 0 Å². The van der Waals surface area contributed by atoms with Gasteiger partial charge in [0.2, 0.25) is 0 Å². The molecule has 3 nitrogen and oxygen atoms in total. The zero-order valence-electron chi connectivity index (χ0n) is 8.72. The maximum Gasteiger partial charge on any atom is 0.139 e. The summed E-state index contributed by atoms with van der Waals surface area (Å²) < 4.78 is 10.7. The summed E-state index contributed by atoms with van der Waals surface area (Å²) in [6, 6.07) is 7.66. The van der Waals surface area contributed by atoms with Gasteiger partial charge in [0, 0.05) is 17.4 Å². The van der Waals surface area contributed by atoms with Gasteiger partial charge < -0.3 is 14.3 Å². The van der Waals surface area contributed by atoms with Crippen molar-refractivity contribution in [2.75, 3.05) is 6.61 Å². The molecule has 1 aromatic heterocycles. The number of para-hydroxylation sites is 1. The van der Waals surface area contributed by atoms with Crippen LogP contribution in [0.5, 0.6) is 0 Å². The molecule has 2 aromatic rings. The van der Waals surface area contributed by atoms with Crippen LogP contribution in [0.15, 0.2) is 46.8 Å². The van der Waals surface area contributed by atoms with Crippen molar-refractivity contribution in [2.45, 2.75) is 12.5 Å². The number of hydrogen-bond donors (Lipinski definition) is 1. The quantitative estimate of drug-likeness (QED) is 0.839. The number of hydrogen-bond acceptors (Lipinski definition) is 3. The van der Waals surface area contributed by atoms with E-state index in [1.165, 1.54) is 0 Å². The van der Waals surface area contributed by atoms with E-state index >= 15 is 0 Å². The first-order valence-corrected chi connectivity index (χ1v) is 5.33. The maximum absolute atomic E-state index is 10.2. The Bertz CT molecular complexity index is 539. The fourth-order valence-corrected chi connectivity index (χ4v) is 1.99. The highest BCUT2D eigenvalue weighted by Gasteiger charge is 2.21. The zero-order valence-corrected chi connectivity index (χ0v) is 8.72. The Labute approximate surface area is 92.9 Å². The topological polar surface area (TPSA) is 42.6 Å². The molecule has 1 unspecified atom stereocenters. The summed E-state index contributed by atoms with van der Waals surface area (Å²) in [4.78, 5) is 0. The lowest BCUT2D eigenvalue weighted by atomic mass is 10.1. The highest BCUT2D eigenvalue weighted by molar-refractivity contribution is 5.81. The van der Waals surface area contributed by atoms with Crippen molar-refractivity contribution >= 4 is 11.0 Å². The van der Waals surface area contributed by atoms with Crippen LogP contribution in [0.1, 0.15) is 18.1 Å². The number of benzene rings is 1. The number of aliphatic hydroxyl groups is 1. The number of rotatable bonds is 2. The van der Waals surface area contributed by atoms with Crippen LogP contribution in [-0.2, 0) is 4.74 Å². The van der Waals surface area contributed by atoms with Gasteiger partial charge in [-0.15, -0.1) is 0 Å². The summed E-state index contributed by atoms with van der Waals surface area (Å²) in [6.07, 6.45) is 3.66. The van der Waals surface area contributed by atoms with Gasteiger partial charge in [0.15, 0.2) is 0 Å². The van der Waals surface area contributed by atoms with Gasteiger partial charge in [-0.05, 0) is 12.1 Å². The molecule has 2 heterocycles. The van der Waals surface area contributed by atoms with Crippen molar-refractivity contribution in [1.29, 1.82) is 0 Å². The Morgan fingerprint density at radius 1 is 1.25 bits per heavy atom. The smallest absolute Gasteiger partial charge is 0.139 e. The molecule has 1 aliphatic heterocycles. The van der Waals surface area contributed by atoms with Gasteiger partial charge in [0.25, 0.3) is 0 Å².